The summed E-state index contributed by atoms with van der Waals surface area (Å²) in [6.45, 7) is 0.961. The van der Waals surface area contributed by atoms with E-state index in [4.69, 9.17) is 53.9 Å². The normalized spacial score (nSPS) is 12.8. The van der Waals surface area contributed by atoms with E-state index in [0.717, 1.165) is 0 Å². The van der Waals surface area contributed by atoms with Crippen LogP contribution >= 0.6 is 34.8 Å². The van der Waals surface area contributed by atoms with E-state index in [0.29, 0.717) is 34.6 Å². The molecule has 33 heavy (non-hydrogen) atoms. The van der Waals surface area contributed by atoms with Crippen molar-refractivity contribution < 1.29 is 24.1 Å². The number of hydrogen-bond donors (Lipinski definition) is 0. The lowest BCUT2D eigenvalue weighted by molar-refractivity contribution is -0.778. The molecular formula is C21H20Cl3N3O6. The van der Waals surface area contributed by atoms with E-state index in [-0.39, 0.29) is 18.2 Å². The second kappa shape index (κ2) is 12.6. The fourth-order valence-electron chi connectivity index (χ4n) is 2.92. The third kappa shape index (κ3) is 7.76. The average molecular weight is 517 g/mol. The SMILES string of the molecule is O=[N+]([O-])OC(C(OCCOCCOc1ccc(Cl)cc1)c1ccc(Cl)cc1Cl)n1ccnc1. The summed E-state index contributed by atoms with van der Waals surface area (Å²) in [4.78, 5) is 20.0. The van der Waals surface area contributed by atoms with E-state index in [1.54, 1.807) is 36.4 Å². The largest absolute Gasteiger partial charge is 0.491 e. The Labute approximate surface area is 204 Å². The van der Waals surface area contributed by atoms with Crippen LogP contribution in [0.3, 0.4) is 0 Å². The number of nitrogens with zero attached hydrogens (tertiary/aromatic N) is 3. The maximum Gasteiger partial charge on any atom is 0.296 e. The minimum Gasteiger partial charge on any atom is -0.491 e. The molecule has 0 saturated heterocycles. The Balaban J connectivity index is 1.59. The molecule has 9 nitrogen and oxygen atoms in total. The Morgan fingerprint density at radius 1 is 1.00 bits per heavy atom. The molecule has 0 N–H and O–H groups in total. The highest BCUT2D eigenvalue weighted by atomic mass is 35.5. The van der Waals surface area contributed by atoms with Crippen molar-refractivity contribution in [1.82, 2.24) is 9.55 Å². The molecule has 2 aromatic carbocycles. The highest BCUT2D eigenvalue weighted by Gasteiger charge is 2.31. The second-order valence-corrected chi connectivity index (χ2v) is 7.88. The molecule has 0 bridgehead atoms. The molecule has 0 spiro atoms. The molecule has 0 aliphatic rings. The maximum atomic E-state index is 11.2. The quantitative estimate of drug-likeness (QED) is 0.170. The monoisotopic (exact) mass is 515 g/mol. The van der Waals surface area contributed by atoms with Crippen LogP contribution < -0.4 is 4.74 Å². The molecule has 0 saturated carbocycles. The fourth-order valence-corrected chi connectivity index (χ4v) is 3.56. The number of aromatic nitrogens is 2. The lowest BCUT2D eigenvalue weighted by Gasteiger charge is -2.27. The third-order valence-electron chi connectivity index (χ3n) is 4.38. The number of halogens is 3. The van der Waals surface area contributed by atoms with Gasteiger partial charge in [0.25, 0.3) is 5.09 Å². The number of imidazole rings is 1. The lowest BCUT2D eigenvalue weighted by atomic mass is 10.1. The van der Waals surface area contributed by atoms with E-state index in [9.17, 15) is 10.1 Å². The highest BCUT2D eigenvalue weighted by molar-refractivity contribution is 6.35. The molecule has 2 atom stereocenters. The molecule has 1 aromatic heterocycles. The van der Waals surface area contributed by atoms with Gasteiger partial charge in [0, 0.05) is 33.0 Å². The van der Waals surface area contributed by atoms with Gasteiger partial charge in [-0.15, -0.1) is 10.1 Å². The number of rotatable bonds is 13. The third-order valence-corrected chi connectivity index (χ3v) is 5.19. The van der Waals surface area contributed by atoms with E-state index in [1.165, 1.54) is 29.4 Å². The van der Waals surface area contributed by atoms with Crippen LogP contribution in [0.5, 0.6) is 5.75 Å². The predicted octanol–water partition coefficient (Wildman–Crippen LogP) is 5.40. The molecule has 0 aliphatic carbocycles. The molecule has 0 radical (unpaired) electrons. The van der Waals surface area contributed by atoms with Gasteiger partial charge in [0.2, 0.25) is 6.23 Å². The van der Waals surface area contributed by atoms with Crippen molar-refractivity contribution in [2.24, 2.45) is 0 Å². The van der Waals surface area contributed by atoms with E-state index in [1.807, 2.05) is 0 Å². The average Bonchev–Trinajstić information content (AvgIpc) is 3.31. The van der Waals surface area contributed by atoms with Crippen LogP contribution in [0.25, 0.3) is 0 Å². The van der Waals surface area contributed by atoms with Gasteiger partial charge in [-0.05, 0) is 36.4 Å². The van der Waals surface area contributed by atoms with Gasteiger partial charge in [-0.25, -0.2) is 4.98 Å². The number of hydrogen-bond acceptors (Lipinski definition) is 7. The van der Waals surface area contributed by atoms with E-state index >= 15 is 0 Å². The van der Waals surface area contributed by atoms with Gasteiger partial charge in [0.15, 0.2) is 0 Å². The smallest absolute Gasteiger partial charge is 0.296 e. The van der Waals surface area contributed by atoms with Gasteiger partial charge >= 0.3 is 0 Å². The van der Waals surface area contributed by atoms with Gasteiger partial charge in [-0.2, -0.15) is 0 Å². The molecule has 2 unspecified atom stereocenters. The standard InChI is InChI=1S/C21H20Cl3N3O6/c22-15-1-4-17(5-2-15)31-11-9-30-10-12-32-20(18-6-3-16(23)13-19(18)24)21(33-27(28)29)26-8-7-25-14-26/h1-8,13-14,20-21H,9-12H2. The molecule has 0 aliphatic heterocycles. The summed E-state index contributed by atoms with van der Waals surface area (Å²) in [6.07, 6.45) is 2.27. The Hall–Kier alpha value is -2.56. The molecule has 3 aromatic rings. The molecule has 0 fully saturated rings. The van der Waals surface area contributed by atoms with Crippen LogP contribution in [0.1, 0.15) is 17.9 Å². The predicted molar refractivity (Wildman–Crippen MR) is 122 cm³/mol. The zero-order chi connectivity index (χ0) is 23.6. The lowest BCUT2D eigenvalue weighted by Crippen LogP contribution is -2.26. The van der Waals surface area contributed by atoms with Crippen LogP contribution in [-0.4, -0.2) is 41.1 Å². The van der Waals surface area contributed by atoms with Gasteiger partial charge in [0.05, 0.1) is 26.1 Å². The van der Waals surface area contributed by atoms with Crippen LogP contribution in [0.4, 0.5) is 0 Å². The minimum atomic E-state index is -1.17. The zero-order valence-electron chi connectivity index (χ0n) is 17.2. The summed E-state index contributed by atoms with van der Waals surface area (Å²) < 4.78 is 18.4. The van der Waals surface area contributed by atoms with Crippen molar-refractivity contribution in [3.63, 3.8) is 0 Å². The van der Waals surface area contributed by atoms with Gasteiger partial charge < -0.3 is 18.8 Å². The Morgan fingerprint density at radius 2 is 1.73 bits per heavy atom. The zero-order valence-corrected chi connectivity index (χ0v) is 19.4. The number of ether oxygens (including phenoxy) is 3. The molecule has 176 valence electrons. The Bertz CT molecular complexity index is 1020. The van der Waals surface area contributed by atoms with Crippen molar-refractivity contribution >= 4 is 34.8 Å². The van der Waals surface area contributed by atoms with Crippen LogP contribution in [0, 0.1) is 10.1 Å². The first kappa shape index (κ1) is 25.1. The molecule has 1 heterocycles. The van der Waals surface area contributed by atoms with Crippen molar-refractivity contribution in [3.8, 4) is 5.75 Å². The molecule has 12 heteroatoms. The first-order valence-corrected chi connectivity index (χ1v) is 10.9. The summed E-state index contributed by atoms with van der Waals surface area (Å²) in [5, 5.41) is 11.6. The van der Waals surface area contributed by atoms with Crippen LogP contribution in [0.15, 0.2) is 61.2 Å². The van der Waals surface area contributed by atoms with Crippen LogP contribution in [0.2, 0.25) is 15.1 Å². The fraction of sp³-hybridized carbons (Fsp3) is 0.286. The Morgan fingerprint density at radius 3 is 2.39 bits per heavy atom. The molecule has 3 rings (SSSR count). The highest BCUT2D eigenvalue weighted by Crippen LogP contribution is 2.36. The summed E-state index contributed by atoms with van der Waals surface area (Å²) in [5.74, 6) is 0.678. The topological polar surface area (TPSA) is 97.9 Å². The summed E-state index contributed by atoms with van der Waals surface area (Å²) in [7, 11) is 0. The minimum absolute atomic E-state index is 0.108. The van der Waals surface area contributed by atoms with Crippen LogP contribution in [-0.2, 0) is 14.3 Å². The van der Waals surface area contributed by atoms with Gasteiger partial charge in [-0.1, -0.05) is 40.9 Å². The summed E-state index contributed by atoms with van der Waals surface area (Å²) in [6, 6.07) is 11.8. The first-order chi connectivity index (χ1) is 15.9. The first-order valence-electron chi connectivity index (χ1n) is 9.75. The van der Waals surface area contributed by atoms with Crippen molar-refractivity contribution in [1.29, 1.82) is 0 Å². The van der Waals surface area contributed by atoms with Crippen molar-refractivity contribution in [2.75, 3.05) is 26.4 Å². The van der Waals surface area contributed by atoms with Crippen molar-refractivity contribution in [3.05, 3.63) is 91.9 Å². The maximum absolute atomic E-state index is 11.2. The molecular weight excluding hydrogens is 497 g/mol. The Kier molecular flexibility index (Phi) is 9.59. The van der Waals surface area contributed by atoms with Crippen molar-refractivity contribution in [2.45, 2.75) is 12.3 Å². The van der Waals surface area contributed by atoms with Gasteiger partial charge in [-0.3, -0.25) is 4.84 Å². The summed E-state index contributed by atoms with van der Waals surface area (Å²) in [5.41, 5.74) is 0.465. The second-order valence-electron chi connectivity index (χ2n) is 6.60. The van der Waals surface area contributed by atoms with Gasteiger partial charge in [0.1, 0.15) is 18.5 Å². The number of benzene rings is 2. The van der Waals surface area contributed by atoms with E-state index < -0.39 is 17.4 Å². The van der Waals surface area contributed by atoms with E-state index in [2.05, 4.69) is 4.98 Å². The summed E-state index contributed by atoms with van der Waals surface area (Å²) >= 11 is 18.2. The molecule has 0 amide bonds.